The van der Waals surface area contributed by atoms with Crippen LogP contribution in [-0.4, -0.2) is 52.5 Å². The van der Waals surface area contributed by atoms with Crippen molar-refractivity contribution in [3.63, 3.8) is 0 Å². The van der Waals surface area contributed by atoms with Crippen LogP contribution in [0.5, 0.6) is 17.2 Å². The molecule has 2 aromatic carbocycles. The molecule has 3 aliphatic heterocycles. The summed E-state index contributed by atoms with van der Waals surface area (Å²) < 4.78 is 12.7. The van der Waals surface area contributed by atoms with Gasteiger partial charge in [0.05, 0.1) is 4.91 Å². The molecular weight excluding hydrogens is 488 g/mol. The second kappa shape index (κ2) is 9.72. The summed E-state index contributed by atoms with van der Waals surface area (Å²) in [5, 5.41) is 12.7. The normalized spacial score (nSPS) is 23.9. The number of benzene rings is 2. The van der Waals surface area contributed by atoms with E-state index in [0.717, 1.165) is 77.0 Å². The van der Waals surface area contributed by atoms with Crippen LogP contribution >= 0.6 is 11.8 Å². The van der Waals surface area contributed by atoms with E-state index >= 15 is 0 Å². The molecule has 0 unspecified atom stereocenters. The number of thioether (sulfide) groups is 1. The van der Waals surface area contributed by atoms with Crippen LogP contribution in [0.2, 0.25) is 0 Å². The van der Waals surface area contributed by atoms with Crippen molar-refractivity contribution in [1.82, 2.24) is 10.2 Å². The predicted octanol–water partition coefficient (Wildman–Crippen LogP) is 5.44. The molecule has 2 N–H and O–H groups in total. The highest BCUT2D eigenvalue weighted by Crippen LogP contribution is 2.52. The first-order valence-corrected chi connectivity index (χ1v) is 13.6. The zero-order chi connectivity index (χ0) is 26.5. The topological polar surface area (TPSA) is 88.1 Å². The number of nitrogens with one attached hydrogen (secondary N) is 1. The van der Waals surface area contributed by atoms with Gasteiger partial charge in [0.1, 0.15) is 29.5 Å². The van der Waals surface area contributed by atoms with Crippen LogP contribution in [-0.2, 0) is 4.79 Å². The number of carbonyl (C=O) groups is 2. The summed E-state index contributed by atoms with van der Waals surface area (Å²) in [6.07, 6.45) is 3.90. The van der Waals surface area contributed by atoms with Gasteiger partial charge in [-0.1, -0.05) is 12.1 Å². The molecule has 0 bridgehead atoms. The van der Waals surface area contributed by atoms with Gasteiger partial charge in [-0.3, -0.25) is 19.8 Å². The Bertz CT molecular complexity index is 1280. The van der Waals surface area contributed by atoms with Crippen molar-refractivity contribution in [3.8, 4) is 17.2 Å². The number of ether oxygens (including phenoxy) is 2. The Morgan fingerprint density at radius 3 is 2.57 bits per heavy atom. The number of phenols is 1. The van der Waals surface area contributed by atoms with Crippen molar-refractivity contribution in [3.05, 3.63) is 57.0 Å². The molecular formula is C29H34N2O5S. The van der Waals surface area contributed by atoms with Gasteiger partial charge in [-0.25, -0.2) is 0 Å². The van der Waals surface area contributed by atoms with Gasteiger partial charge in [0.25, 0.3) is 11.1 Å². The maximum atomic E-state index is 11.8. The maximum Gasteiger partial charge on any atom is 0.290 e. The van der Waals surface area contributed by atoms with Crippen LogP contribution in [0.25, 0.3) is 6.08 Å². The van der Waals surface area contributed by atoms with E-state index in [1.54, 1.807) is 6.08 Å². The molecule has 196 valence electrons. The fourth-order valence-electron chi connectivity index (χ4n) is 5.66. The lowest BCUT2D eigenvalue weighted by Gasteiger charge is -2.33. The zero-order valence-corrected chi connectivity index (χ0v) is 22.8. The Morgan fingerprint density at radius 2 is 1.89 bits per heavy atom. The van der Waals surface area contributed by atoms with Crippen LogP contribution in [0, 0.1) is 20.8 Å². The van der Waals surface area contributed by atoms with Crippen LogP contribution in [0.3, 0.4) is 0 Å². The summed E-state index contributed by atoms with van der Waals surface area (Å²) in [4.78, 5) is 26.0. The monoisotopic (exact) mass is 522 g/mol. The zero-order valence-electron chi connectivity index (χ0n) is 22.0. The molecule has 3 aliphatic rings. The van der Waals surface area contributed by atoms with Gasteiger partial charge in [-0.05, 0) is 106 Å². The van der Waals surface area contributed by atoms with Crippen LogP contribution < -0.4 is 14.8 Å². The molecule has 0 aromatic heterocycles. The first-order chi connectivity index (χ1) is 17.5. The standard InChI is InChI=1S/C29H34N2O5S/c1-16-17(2)26-24(18(3)25(16)32)22(29(4,5)36-26)14-31-12-6-7-20(31)15-35-21-10-8-19(9-11-21)13-23-27(33)30-28(34)37-23/h8-11,13,20,22,32H,6-7,12,14-15H2,1-5H3,(H,30,33,34)/t20-,22-/m0/s1. The maximum absolute atomic E-state index is 11.8. The highest BCUT2D eigenvalue weighted by molar-refractivity contribution is 8.18. The Kier molecular flexibility index (Phi) is 6.75. The lowest BCUT2D eigenvalue weighted by molar-refractivity contribution is -0.115. The second-order valence-corrected chi connectivity index (χ2v) is 11.8. The number of aromatic hydroxyl groups is 1. The minimum atomic E-state index is -0.366. The van der Waals surface area contributed by atoms with Crippen LogP contribution in [0.1, 0.15) is 60.4 Å². The molecule has 2 atom stereocenters. The first kappa shape index (κ1) is 25.7. The van der Waals surface area contributed by atoms with Crippen molar-refractivity contribution < 1.29 is 24.2 Å². The van der Waals surface area contributed by atoms with Crippen molar-refractivity contribution in [2.24, 2.45) is 0 Å². The van der Waals surface area contributed by atoms with E-state index in [-0.39, 0.29) is 22.7 Å². The number of phenolic OH excluding ortho intramolecular Hbond substituents is 1. The SMILES string of the molecule is Cc1c(C)c2c(c(C)c1O)[C@H](CN1CCC[C@H]1COc1ccc(C=C3SC(=O)NC3=O)cc1)C(C)(C)O2. The van der Waals surface area contributed by atoms with Gasteiger partial charge in [0, 0.05) is 24.1 Å². The smallest absolute Gasteiger partial charge is 0.290 e. The van der Waals surface area contributed by atoms with E-state index < -0.39 is 0 Å². The van der Waals surface area contributed by atoms with Crippen LogP contribution in [0.15, 0.2) is 29.2 Å². The number of hydrogen-bond acceptors (Lipinski definition) is 7. The molecule has 7 nitrogen and oxygen atoms in total. The van der Waals surface area contributed by atoms with Crippen molar-refractivity contribution >= 4 is 29.0 Å². The number of hydrogen-bond donors (Lipinski definition) is 2. The molecule has 5 rings (SSSR count). The van der Waals surface area contributed by atoms with Gasteiger partial charge < -0.3 is 14.6 Å². The van der Waals surface area contributed by atoms with E-state index in [9.17, 15) is 14.7 Å². The summed E-state index contributed by atoms with van der Waals surface area (Å²) in [5.74, 6) is 1.88. The Morgan fingerprint density at radius 1 is 1.16 bits per heavy atom. The number of rotatable bonds is 6. The van der Waals surface area contributed by atoms with Crippen molar-refractivity contribution in [1.29, 1.82) is 0 Å². The number of fused-ring (bicyclic) bond motifs is 1. The van der Waals surface area contributed by atoms with Gasteiger partial charge >= 0.3 is 0 Å². The molecule has 3 heterocycles. The predicted molar refractivity (Wildman–Crippen MR) is 145 cm³/mol. The van der Waals surface area contributed by atoms with Gasteiger partial charge in [-0.15, -0.1) is 0 Å². The lowest BCUT2D eigenvalue weighted by atomic mass is 9.82. The number of nitrogens with zero attached hydrogens (tertiary/aromatic N) is 1. The molecule has 2 fully saturated rings. The highest BCUT2D eigenvalue weighted by Gasteiger charge is 2.45. The quantitative estimate of drug-likeness (QED) is 0.489. The van der Waals surface area contributed by atoms with Crippen molar-refractivity contribution in [2.75, 3.05) is 19.7 Å². The molecule has 2 amide bonds. The lowest BCUT2D eigenvalue weighted by Crippen LogP contribution is -2.42. The summed E-state index contributed by atoms with van der Waals surface area (Å²) in [7, 11) is 0. The molecule has 37 heavy (non-hydrogen) atoms. The fraction of sp³-hybridized carbons (Fsp3) is 0.448. The molecule has 2 aromatic rings. The number of imide groups is 1. The molecule has 2 saturated heterocycles. The Labute approximate surface area is 222 Å². The van der Waals surface area contributed by atoms with Crippen molar-refractivity contribution in [2.45, 2.75) is 65.0 Å². The average molecular weight is 523 g/mol. The van der Waals surface area contributed by atoms with E-state index in [1.807, 2.05) is 45.0 Å². The minimum absolute atomic E-state index is 0.151. The highest BCUT2D eigenvalue weighted by atomic mass is 32.2. The summed E-state index contributed by atoms with van der Waals surface area (Å²) in [6, 6.07) is 7.87. The van der Waals surface area contributed by atoms with Gasteiger partial charge in [-0.2, -0.15) is 0 Å². The summed E-state index contributed by atoms with van der Waals surface area (Å²) in [6.45, 7) is 12.7. The molecule has 0 saturated carbocycles. The third kappa shape index (κ3) is 4.84. The van der Waals surface area contributed by atoms with E-state index in [2.05, 4.69) is 24.1 Å². The van der Waals surface area contributed by atoms with E-state index in [1.165, 1.54) is 0 Å². The third-order valence-corrected chi connectivity index (χ3v) is 8.80. The van der Waals surface area contributed by atoms with Crippen LogP contribution in [0.4, 0.5) is 4.79 Å². The van der Waals surface area contributed by atoms with E-state index in [4.69, 9.17) is 9.47 Å². The first-order valence-electron chi connectivity index (χ1n) is 12.8. The number of amides is 2. The summed E-state index contributed by atoms with van der Waals surface area (Å²) in [5.41, 5.74) is 4.45. The minimum Gasteiger partial charge on any atom is -0.507 e. The van der Waals surface area contributed by atoms with E-state index in [0.29, 0.717) is 23.3 Å². The largest absolute Gasteiger partial charge is 0.507 e. The molecule has 0 aliphatic carbocycles. The molecule has 0 radical (unpaired) electrons. The summed E-state index contributed by atoms with van der Waals surface area (Å²) >= 11 is 0.913. The fourth-order valence-corrected chi connectivity index (χ4v) is 6.34. The number of carbonyl (C=O) groups excluding carboxylic acids is 2. The molecule has 0 spiro atoms. The van der Waals surface area contributed by atoms with Gasteiger partial charge in [0.2, 0.25) is 0 Å². The molecule has 8 heteroatoms. The Hall–Kier alpha value is -2.97. The number of likely N-dealkylation sites (tertiary alicyclic amines) is 1. The second-order valence-electron chi connectivity index (χ2n) is 10.7. The average Bonchev–Trinajstić information content (AvgIpc) is 3.51. The van der Waals surface area contributed by atoms with Gasteiger partial charge in [0.15, 0.2) is 0 Å². The third-order valence-electron chi connectivity index (χ3n) is 7.99. The Balaban J connectivity index is 1.26.